The first-order valence-corrected chi connectivity index (χ1v) is 9.29. The summed E-state index contributed by atoms with van der Waals surface area (Å²) in [6.07, 6.45) is -4.44. The first kappa shape index (κ1) is 20.4. The highest BCUT2D eigenvalue weighted by Crippen LogP contribution is 2.24. The molecule has 0 radical (unpaired) electrons. The lowest BCUT2D eigenvalue weighted by Crippen LogP contribution is -2.57. The number of imidazole rings is 1. The summed E-state index contributed by atoms with van der Waals surface area (Å²) in [6.45, 7) is 2.89. The van der Waals surface area contributed by atoms with Crippen LogP contribution in [0.2, 0.25) is 0 Å². The van der Waals surface area contributed by atoms with E-state index < -0.39 is 24.7 Å². The molecule has 0 bridgehead atoms. The number of fused-ring (bicyclic) bond motifs is 1. The number of benzene rings is 1. The van der Waals surface area contributed by atoms with Crippen LogP contribution in [-0.4, -0.2) is 64.9 Å². The maximum Gasteiger partial charge on any atom is 0.405 e. The Balaban J connectivity index is 1.72. The minimum absolute atomic E-state index is 0.267. The van der Waals surface area contributed by atoms with E-state index in [9.17, 15) is 22.8 Å². The van der Waals surface area contributed by atoms with Crippen molar-refractivity contribution >= 4 is 16.9 Å². The summed E-state index contributed by atoms with van der Waals surface area (Å²) in [6, 6.07) is 5.29. The van der Waals surface area contributed by atoms with E-state index in [1.54, 1.807) is 24.3 Å². The SMILES string of the molecule is CCn1c(=O)n(CC(=O)NCC(N2CCNCC2)C(F)(F)F)c2ccccc21. The maximum absolute atomic E-state index is 13.4. The van der Waals surface area contributed by atoms with Crippen LogP contribution in [0, 0.1) is 0 Å². The van der Waals surface area contributed by atoms with Gasteiger partial charge in [0.05, 0.1) is 11.0 Å². The number of carbonyl (C=O) groups excluding carboxylic acids is 1. The minimum atomic E-state index is -4.44. The number of piperazine rings is 1. The molecule has 1 unspecified atom stereocenters. The summed E-state index contributed by atoms with van der Waals surface area (Å²) in [5.41, 5.74) is 0.920. The van der Waals surface area contributed by atoms with Gasteiger partial charge in [-0.2, -0.15) is 13.2 Å². The summed E-state index contributed by atoms with van der Waals surface area (Å²) in [5.74, 6) is -0.620. The van der Waals surface area contributed by atoms with Crippen molar-refractivity contribution < 1.29 is 18.0 Å². The fourth-order valence-electron chi connectivity index (χ4n) is 3.59. The van der Waals surface area contributed by atoms with Gasteiger partial charge in [0.25, 0.3) is 0 Å². The number of hydrogen-bond donors (Lipinski definition) is 2. The second kappa shape index (κ2) is 8.36. The molecule has 0 aliphatic carbocycles. The Morgan fingerprint density at radius 1 is 1.18 bits per heavy atom. The Bertz CT molecular complexity index is 883. The number of para-hydroxylation sites is 2. The molecular weight excluding hydrogens is 375 g/mol. The van der Waals surface area contributed by atoms with Gasteiger partial charge < -0.3 is 10.6 Å². The molecule has 28 heavy (non-hydrogen) atoms. The fraction of sp³-hybridized carbons (Fsp3) is 0.556. The summed E-state index contributed by atoms with van der Waals surface area (Å²) in [4.78, 5) is 26.2. The van der Waals surface area contributed by atoms with Gasteiger partial charge in [0.1, 0.15) is 12.6 Å². The van der Waals surface area contributed by atoms with E-state index in [1.165, 1.54) is 14.0 Å². The van der Waals surface area contributed by atoms with Crippen molar-refractivity contribution in [2.75, 3.05) is 32.7 Å². The van der Waals surface area contributed by atoms with Crippen LogP contribution >= 0.6 is 0 Å². The van der Waals surface area contributed by atoms with E-state index in [0.29, 0.717) is 30.7 Å². The molecule has 1 fully saturated rings. The first-order valence-electron chi connectivity index (χ1n) is 9.29. The summed E-state index contributed by atoms with van der Waals surface area (Å²) in [5, 5.41) is 5.38. The third-order valence-corrected chi connectivity index (χ3v) is 5.01. The van der Waals surface area contributed by atoms with Gasteiger partial charge in [0.15, 0.2) is 0 Å². The Morgan fingerprint density at radius 3 is 2.36 bits per heavy atom. The molecule has 1 atom stereocenters. The highest BCUT2D eigenvalue weighted by molar-refractivity contribution is 5.80. The van der Waals surface area contributed by atoms with E-state index >= 15 is 0 Å². The first-order chi connectivity index (χ1) is 13.3. The summed E-state index contributed by atoms with van der Waals surface area (Å²) in [7, 11) is 0. The van der Waals surface area contributed by atoms with E-state index in [2.05, 4.69) is 10.6 Å². The predicted octanol–water partition coefficient (Wildman–Crippen LogP) is 0.775. The average Bonchev–Trinajstić information content (AvgIpc) is 2.93. The molecule has 1 aromatic carbocycles. The lowest BCUT2D eigenvalue weighted by atomic mass is 10.2. The van der Waals surface area contributed by atoms with Gasteiger partial charge in [0.2, 0.25) is 5.91 Å². The zero-order valence-electron chi connectivity index (χ0n) is 15.6. The Labute approximate surface area is 160 Å². The van der Waals surface area contributed by atoms with Gasteiger partial charge >= 0.3 is 11.9 Å². The number of nitrogens with one attached hydrogen (secondary N) is 2. The van der Waals surface area contributed by atoms with Crippen molar-refractivity contribution in [1.82, 2.24) is 24.7 Å². The zero-order chi connectivity index (χ0) is 20.3. The van der Waals surface area contributed by atoms with Crippen LogP contribution in [0.1, 0.15) is 6.92 Å². The van der Waals surface area contributed by atoms with E-state index in [4.69, 9.17) is 0 Å². The largest absolute Gasteiger partial charge is 0.405 e. The molecule has 1 amide bonds. The summed E-state index contributed by atoms with van der Waals surface area (Å²) >= 11 is 0. The van der Waals surface area contributed by atoms with Crippen molar-refractivity contribution in [2.45, 2.75) is 32.2 Å². The fourth-order valence-corrected chi connectivity index (χ4v) is 3.59. The number of amides is 1. The molecule has 1 aliphatic heterocycles. The topological polar surface area (TPSA) is 71.3 Å². The van der Waals surface area contributed by atoms with E-state index in [-0.39, 0.29) is 25.3 Å². The summed E-state index contributed by atoms with van der Waals surface area (Å²) < 4.78 is 43.1. The number of nitrogens with zero attached hydrogens (tertiary/aromatic N) is 3. The molecule has 1 aromatic heterocycles. The maximum atomic E-state index is 13.4. The number of aromatic nitrogens is 2. The van der Waals surface area contributed by atoms with Crippen LogP contribution in [0.15, 0.2) is 29.1 Å². The Hall–Kier alpha value is -2.33. The van der Waals surface area contributed by atoms with Gasteiger partial charge in [-0.3, -0.25) is 18.8 Å². The number of carbonyl (C=O) groups is 1. The molecule has 154 valence electrons. The Morgan fingerprint density at radius 2 is 1.79 bits per heavy atom. The molecule has 2 N–H and O–H groups in total. The van der Waals surface area contributed by atoms with Crippen molar-refractivity contribution in [2.24, 2.45) is 0 Å². The number of aryl methyl sites for hydroxylation is 1. The molecule has 1 aliphatic rings. The van der Waals surface area contributed by atoms with Crippen molar-refractivity contribution in [3.63, 3.8) is 0 Å². The third-order valence-electron chi connectivity index (χ3n) is 5.01. The van der Waals surface area contributed by atoms with E-state index in [1.807, 2.05) is 6.92 Å². The second-order valence-corrected chi connectivity index (χ2v) is 6.75. The van der Waals surface area contributed by atoms with Gasteiger partial charge in [-0.05, 0) is 19.1 Å². The Kier molecular flexibility index (Phi) is 6.09. The standard InChI is InChI=1S/C18H24F3N5O2/c1-2-25-13-5-3-4-6-14(13)26(17(25)28)12-16(27)23-11-15(18(19,20)21)24-9-7-22-8-10-24/h3-6,15,22H,2,7-12H2,1H3,(H,23,27). The van der Waals surface area contributed by atoms with Gasteiger partial charge in [0, 0.05) is 39.3 Å². The molecule has 0 saturated carbocycles. The minimum Gasteiger partial charge on any atom is -0.353 e. The molecule has 0 spiro atoms. The van der Waals surface area contributed by atoms with Crippen LogP contribution in [0.25, 0.3) is 11.0 Å². The predicted molar refractivity (Wildman–Crippen MR) is 99.2 cm³/mol. The van der Waals surface area contributed by atoms with Crippen LogP contribution in [0.5, 0.6) is 0 Å². The highest BCUT2D eigenvalue weighted by Gasteiger charge is 2.43. The molecule has 3 rings (SSSR count). The van der Waals surface area contributed by atoms with Crippen LogP contribution in [-0.2, 0) is 17.9 Å². The van der Waals surface area contributed by atoms with Gasteiger partial charge in [-0.1, -0.05) is 12.1 Å². The molecule has 2 aromatic rings. The molecular formula is C18H24F3N5O2. The van der Waals surface area contributed by atoms with E-state index in [0.717, 1.165) is 0 Å². The van der Waals surface area contributed by atoms with Gasteiger partial charge in [-0.15, -0.1) is 0 Å². The highest BCUT2D eigenvalue weighted by atomic mass is 19.4. The van der Waals surface area contributed by atoms with Gasteiger partial charge in [-0.25, -0.2) is 4.79 Å². The van der Waals surface area contributed by atoms with Crippen LogP contribution in [0.3, 0.4) is 0 Å². The number of hydrogen-bond acceptors (Lipinski definition) is 4. The molecule has 7 nitrogen and oxygen atoms in total. The van der Waals surface area contributed by atoms with Crippen molar-refractivity contribution in [3.05, 3.63) is 34.7 Å². The molecule has 1 saturated heterocycles. The second-order valence-electron chi connectivity index (χ2n) is 6.75. The monoisotopic (exact) mass is 399 g/mol. The number of alkyl halides is 3. The van der Waals surface area contributed by atoms with Crippen molar-refractivity contribution in [3.8, 4) is 0 Å². The molecule has 2 heterocycles. The zero-order valence-corrected chi connectivity index (χ0v) is 15.6. The lowest BCUT2D eigenvalue weighted by molar-refractivity contribution is -0.184. The van der Waals surface area contributed by atoms with Crippen LogP contribution in [0.4, 0.5) is 13.2 Å². The number of rotatable bonds is 6. The normalized spacial score (nSPS) is 17.0. The smallest absolute Gasteiger partial charge is 0.353 e. The quantitative estimate of drug-likeness (QED) is 0.753. The molecule has 10 heteroatoms. The third kappa shape index (κ3) is 4.22. The lowest BCUT2D eigenvalue weighted by Gasteiger charge is -2.35. The van der Waals surface area contributed by atoms with Crippen LogP contribution < -0.4 is 16.3 Å². The number of halogens is 3. The average molecular weight is 399 g/mol. The van der Waals surface area contributed by atoms with Crippen molar-refractivity contribution in [1.29, 1.82) is 0 Å².